The maximum absolute atomic E-state index is 11.6. The summed E-state index contributed by atoms with van der Waals surface area (Å²) in [5, 5.41) is 0. The van der Waals surface area contributed by atoms with Gasteiger partial charge in [0.1, 0.15) is 5.78 Å². The highest BCUT2D eigenvalue weighted by Gasteiger charge is 2.18. The first kappa shape index (κ1) is 14.0. The summed E-state index contributed by atoms with van der Waals surface area (Å²) in [7, 11) is 0. The average molecular weight is 232 g/mol. The molecule has 0 aromatic heterocycles. The molecular formula is C16H24O. The molecule has 0 saturated heterocycles. The fourth-order valence-electron chi connectivity index (χ4n) is 2.14. The summed E-state index contributed by atoms with van der Waals surface area (Å²) in [5.74, 6) is 1.43. The quantitative estimate of drug-likeness (QED) is 0.743. The number of hydrogen-bond donors (Lipinski definition) is 0. The van der Waals surface area contributed by atoms with E-state index in [4.69, 9.17) is 0 Å². The van der Waals surface area contributed by atoms with Crippen LogP contribution in [0.2, 0.25) is 0 Å². The van der Waals surface area contributed by atoms with Crippen LogP contribution in [0.15, 0.2) is 24.3 Å². The Morgan fingerprint density at radius 1 is 1.06 bits per heavy atom. The van der Waals surface area contributed by atoms with Crippen molar-refractivity contribution in [3.8, 4) is 0 Å². The molecule has 0 fully saturated rings. The Morgan fingerprint density at radius 2 is 1.59 bits per heavy atom. The fourth-order valence-corrected chi connectivity index (χ4v) is 2.14. The van der Waals surface area contributed by atoms with E-state index in [9.17, 15) is 4.79 Å². The largest absolute Gasteiger partial charge is 0.300 e. The van der Waals surface area contributed by atoms with Crippen LogP contribution in [0.3, 0.4) is 0 Å². The third-order valence-electron chi connectivity index (χ3n) is 3.43. The average Bonchev–Trinajstić information content (AvgIpc) is 2.25. The van der Waals surface area contributed by atoms with Gasteiger partial charge in [0.15, 0.2) is 0 Å². The van der Waals surface area contributed by atoms with Gasteiger partial charge >= 0.3 is 0 Å². The predicted octanol–water partition coefficient (Wildman–Crippen LogP) is 4.21. The van der Waals surface area contributed by atoms with Crippen LogP contribution in [0, 0.1) is 11.8 Å². The molecule has 1 atom stereocenters. The van der Waals surface area contributed by atoms with Gasteiger partial charge in [-0.2, -0.15) is 0 Å². The van der Waals surface area contributed by atoms with Gasteiger partial charge in [-0.05, 0) is 36.3 Å². The van der Waals surface area contributed by atoms with Gasteiger partial charge in [-0.3, -0.25) is 4.79 Å². The Bertz CT molecular complexity index is 360. The standard InChI is InChI=1S/C16H24O/c1-11(2)15-8-6-14(7-9-15)10-16(12(3)4)13(5)17/h6-9,11-12,16H,10H2,1-5H3. The minimum Gasteiger partial charge on any atom is -0.300 e. The number of rotatable bonds is 5. The van der Waals surface area contributed by atoms with E-state index in [0.29, 0.717) is 17.6 Å². The number of ketones is 1. The molecule has 1 unspecified atom stereocenters. The SMILES string of the molecule is CC(=O)C(Cc1ccc(C(C)C)cc1)C(C)C. The lowest BCUT2D eigenvalue weighted by Gasteiger charge is -2.18. The van der Waals surface area contributed by atoms with Crippen LogP contribution in [-0.4, -0.2) is 5.78 Å². The zero-order valence-corrected chi connectivity index (χ0v) is 11.7. The lowest BCUT2D eigenvalue weighted by atomic mass is 9.86. The molecule has 0 bridgehead atoms. The van der Waals surface area contributed by atoms with E-state index in [2.05, 4.69) is 52.0 Å². The molecule has 0 spiro atoms. The molecule has 0 heterocycles. The first-order valence-corrected chi connectivity index (χ1v) is 6.51. The van der Waals surface area contributed by atoms with E-state index in [1.165, 1.54) is 11.1 Å². The maximum Gasteiger partial charge on any atom is 0.133 e. The molecule has 0 radical (unpaired) electrons. The van der Waals surface area contributed by atoms with Crippen molar-refractivity contribution in [2.75, 3.05) is 0 Å². The summed E-state index contributed by atoms with van der Waals surface area (Å²) in [6.45, 7) is 10.3. The first-order chi connectivity index (χ1) is 7.91. The zero-order chi connectivity index (χ0) is 13.0. The summed E-state index contributed by atoms with van der Waals surface area (Å²) in [6, 6.07) is 8.68. The van der Waals surface area contributed by atoms with E-state index in [1.54, 1.807) is 6.92 Å². The zero-order valence-electron chi connectivity index (χ0n) is 11.7. The molecule has 0 saturated carbocycles. The molecule has 94 valence electrons. The van der Waals surface area contributed by atoms with Crippen LogP contribution < -0.4 is 0 Å². The second kappa shape index (κ2) is 6.00. The normalized spacial score (nSPS) is 13.1. The number of carbonyl (C=O) groups is 1. The summed E-state index contributed by atoms with van der Waals surface area (Å²) in [6.07, 6.45) is 0.866. The summed E-state index contributed by atoms with van der Waals surface area (Å²) in [4.78, 5) is 11.6. The molecule has 0 amide bonds. The van der Waals surface area contributed by atoms with Crippen molar-refractivity contribution < 1.29 is 4.79 Å². The van der Waals surface area contributed by atoms with Crippen LogP contribution in [0.1, 0.15) is 51.7 Å². The molecule has 1 nitrogen and oxygen atoms in total. The van der Waals surface area contributed by atoms with Crippen molar-refractivity contribution in [1.29, 1.82) is 0 Å². The van der Waals surface area contributed by atoms with Gasteiger partial charge in [-0.15, -0.1) is 0 Å². The highest BCUT2D eigenvalue weighted by atomic mass is 16.1. The molecule has 17 heavy (non-hydrogen) atoms. The monoisotopic (exact) mass is 232 g/mol. The maximum atomic E-state index is 11.6. The van der Waals surface area contributed by atoms with Crippen molar-refractivity contribution in [1.82, 2.24) is 0 Å². The number of hydrogen-bond acceptors (Lipinski definition) is 1. The third-order valence-corrected chi connectivity index (χ3v) is 3.43. The minimum absolute atomic E-state index is 0.153. The van der Waals surface area contributed by atoms with Gasteiger partial charge in [-0.1, -0.05) is 52.0 Å². The first-order valence-electron chi connectivity index (χ1n) is 6.51. The minimum atomic E-state index is 0.153. The van der Waals surface area contributed by atoms with Gasteiger partial charge < -0.3 is 0 Å². The van der Waals surface area contributed by atoms with Crippen LogP contribution in [0.5, 0.6) is 0 Å². The fraction of sp³-hybridized carbons (Fsp3) is 0.562. The second-order valence-corrected chi connectivity index (χ2v) is 5.56. The lowest BCUT2D eigenvalue weighted by molar-refractivity contribution is -0.121. The molecule has 0 aliphatic rings. The third kappa shape index (κ3) is 3.99. The highest BCUT2D eigenvalue weighted by Crippen LogP contribution is 2.20. The van der Waals surface area contributed by atoms with Crippen LogP contribution in [-0.2, 0) is 11.2 Å². The van der Waals surface area contributed by atoms with Crippen molar-refractivity contribution in [2.45, 2.75) is 47.0 Å². The van der Waals surface area contributed by atoms with Gasteiger partial charge in [0.05, 0.1) is 0 Å². The Labute approximate surface area is 105 Å². The predicted molar refractivity (Wildman–Crippen MR) is 73.2 cm³/mol. The van der Waals surface area contributed by atoms with Crippen molar-refractivity contribution in [3.63, 3.8) is 0 Å². The molecule has 1 aromatic rings. The van der Waals surface area contributed by atoms with Crippen LogP contribution >= 0.6 is 0 Å². The number of benzene rings is 1. The van der Waals surface area contributed by atoms with Crippen molar-refractivity contribution in [2.24, 2.45) is 11.8 Å². The number of Topliss-reactive ketones (excluding diaryl/α,β-unsaturated/α-hetero) is 1. The van der Waals surface area contributed by atoms with E-state index in [0.717, 1.165) is 6.42 Å². The molecular weight excluding hydrogens is 208 g/mol. The van der Waals surface area contributed by atoms with Gasteiger partial charge in [0.25, 0.3) is 0 Å². The smallest absolute Gasteiger partial charge is 0.133 e. The van der Waals surface area contributed by atoms with Crippen molar-refractivity contribution >= 4 is 5.78 Å². The Morgan fingerprint density at radius 3 is 1.94 bits per heavy atom. The molecule has 0 N–H and O–H groups in total. The molecule has 0 aliphatic heterocycles. The highest BCUT2D eigenvalue weighted by molar-refractivity contribution is 5.78. The van der Waals surface area contributed by atoms with E-state index in [-0.39, 0.29) is 5.92 Å². The second-order valence-electron chi connectivity index (χ2n) is 5.56. The van der Waals surface area contributed by atoms with Crippen molar-refractivity contribution in [3.05, 3.63) is 35.4 Å². The van der Waals surface area contributed by atoms with Gasteiger partial charge in [0.2, 0.25) is 0 Å². The molecule has 1 heteroatoms. The Balaban J connectivity index is 2.77. The summed E-state index contributed by atoms with van der Waals surface area (Å²) in [5.41, 5.74) is 2.63. The van der Waals surface area contributed by atoms with Gasteiger partial charge in [0, 0.05) is 5.92 Å². The van der Waals surface area contributed by atoms with E-state index < -0.39 is 0 Å². The van der Waals surface area contributed by atoms with Crippen LogP contribution in [0.25, 0.3) is 0 Å². The molecule has 0 aliphatic carbocycles. The lowest BCUT2D eigenvalue weighted by Crippen LogP contribution is -2.20. The topological polar surface area (TPSA) is 17.1 Å². The van der Waals surface area contributed by atoms with Crippen LogP contribution in [0.4, 0.5) is 0 Å². The summed E-state index contributed by atoms with van der Waals surface area (Å²) < 4.78 is 0. The Kier molecular flexibility index (Phi) is 4.92. The summed E-state index contributed by atoms with van der Waals surface area (Å²) >= 11 is 0. The van der Waals surface area contributed by atoms with E-state index in [1.807, 2.05) is 0 Å². The molecule has 1 rings (SSSR count). The van der Waals surface area contributed by atoms with Gasteiger partial charge in [-0.25, -0.2) is 0 Å². The Hall–Kier alpha value is -1.11. The molecule has 1 aromatic carbocycles. The number of carbonyl (C=O) groups excluding carboxylic acids is 1. The van der Waals surface area contributed by atoms with E-state index >= 15 is 0 Å².